The second-order valence-corrected chi connectivity index (χ2v) is 5.75. The van der Waals surface area contributed by atoms with Crippen molar-refractivity contribution in [3.05, 3.63) is 35.0 Å². The third-order valence-electron chi connectivity index (χ3n) is 3.55. The minimum absolute atomic E-state index is 0.00839. The van der Waals surface area contributed by atoms with Crippen molar-refractivity contribution in [2.24, 2.45) is 0 Å². The Kier molecular flexibility index (Phi) is 4.02. The number of nitrogens with zero attached hydrogens (tertiary/aromatic N) is 1. The highest BCUT2D eigenvalue weighted by Gasteiger charge is 2.21. The third-order valence-corrected chi connectivity index (χ3v) is 3.55. The number of benzene rings is 1. The fourth-order valence-electron chi connectivity index (χ4n) is 2.40. The Hall–Kier alpha value is -2.30. The molecular formula is C16H20N2O3. The summed E-state index contributed by atoms with van der Waals surface area (Å²) in [5, 5.41) is 26.1. The number of nitrogens with one attached hydrogen (secondary N) is 1. The summed E-state index contributed by atoms with van der Waals surface area (Å²) in [6.45, 7) is 8.05. The zero-order chi connectivity index (χ0) is 15.7. The molecule has 2 aromatic rings. The lowest BCUT2D eigenvalue weighted by molar-refractivity contribution is 0.0690. The number of carboxylic acids is 1. The lowest BCUT2D eigenvalue weighted by Crippen LogP contribution is -1.98. The Labute approximate surface area is 123 Å². The summed E-state index contributed by atoms with van der Waals surface area (Å²) in [7, 11) is 0. The van der Waals surface area contributed by atoms with Crippen LogP contribution >= 0.6 is 0 Å². The van der Waals surface area contributed by atoms with Gasteiger partial charge in [0.25, 0.3) is 0 Å². The molecule has 1 aromatic heterocycles. The van der Waals surface area contributed by atoms with Crippen molar-refractivity contribution in [3.63, 3.8) is 0 Å². The molecule has 0 saturated heterocycles. The second kappa shape index (κ2) is 5.60. The highest BCUT2D eigenvalue weighted by atomic mass is 16.4. The largest absolute Gasteiger partial charge is 0.507 e. The molecule has 0 aliphatic heterocycles. The Morgan fingerprint density at radius 3 is 2.19 bits per heavy atom. The molecule has 3 N–H and O–H groups in total. The van der Waals surface area contributed by atoms with Gasteiger partial charge in [0.2, 0.25) is 0 Å². The molecule has 0 amide bonds. The summed E-state index contributed by atoms with van der Waals surface area (Å²) in [5.41, 5.74) is 2.85. The predicted molar refractivity (Wildman–Crippen MR) is 80.8 cm³/mol. The van der Waals surface area contributed by atoms with E-state index in [1.807, 2.05) is 39.8 Å². The molecule has 0 aliphatic carbocycles. The van der Waals surface area contributed by atoms with Gasteiger partial charge in [-0.1, -0.05) is 39.8 Å². The molecule has 5 heteroatoms. The molecule has 0 atom stereocenters. The first kappa shape index (κ1) is 15.1. The normalized spacial score (nSPS) is 11.3. The summed E-state index contributed by atoms with van der Waals surface area (Å²) in [4.78, 5) is 11.0. The zero-order valence-corrected chi connectivity index (χ0v) is 12.6. The van der Waals surface area contributed by atoms with E-state index >= 15 is 0 Å². The highest BCUT2D eigenvalue weighted by Crippen LogP contribution is 2.40. The molecule has 5 nitrogen and oxygen atoms in total. The molecule has 1 heterocycles. The van der Waals surface area contributed by atoms with Crippen LogP contribution < -0.4 is 0 Å². The van der Waals surface area contributed by atoms with E-state index in [2.05, 4.69) is 10.2 Å². The maximum absolute atomic E-state index is 11.0. The molecule has 0 fully saturated rings. The number of aromatic hydroxyl groups is 1. The number of carbonyl (C=O) groups is 1. The SMILES string of the molecule is CC(C)c1ccc(C(C)C)c(-c2cc(C(=O)O)[nH]n2)c1O. The summed E-state index contributed by atoms with van der Waals surface area (Å²) >= 11 is 0. The van der Waals surface area contributed by atoms with Gasteiger partial charge in [-0.05, 0) is 29.0 Å². The number of hydrogen-bond donors (Lipinski definition) is 3. The van der Waals surface area contributed by atoms with Crippen LogP contribution in [0.3, 0.4) is 0 Å². The Balaban J connectivity index is 2.68. The first-order valence-corrected chi connectivity index (χ1v) is 6.97. The van der Waals surface area contributed by atoms with Gasteiger partial charge < -0.3 is 10.2 Å². The number of aromatic carboxylic acids is 1. The number of aromatic nitrogens is 2. The van der Waals surface area contributed by atoms with Crippen molar-refractivity contribution in [1.82, 2.24) is 10.2 Å². The average molecular weight is 288 g/mol. The van der Waals surface area contributed by atoms with Crippen LogP contribution in [0.25, 0.3) is 11.3 Å². The van der Waals surface area contributed by atoms with Crippen LogP contribution in [-0.2, 0) is 0 Å². The van der Waals surface area contributed by atoms with Crippen LogP contribution in [0.5, 0.6) is 5.75 Å². The molecule has 1 aromatic carbocycles. The number of carboxylic acid groups (broad SMARTS) is 1. The third kappa shape index (κ3) is 2.77. The Morgan fingerprint density at radius 2 is 1.71 bits per heavy atom. The van der Waals surface area contributed by atoms with E-state index in [9.17, 15) is 9.90 Å². The van der Waals surface area contributed by atoms with Crippen molar-refractivity contribution in [1.29, 1.82) is 0 Å². The molecule has 0 aliphatic rings. The van der Waals surface area contributed by atoms with Crippen molar-refractivity contribution in [2.45, 2.75) is 39.5 Å². The first-order valence-electron chi connectivity index (χ1n) is 6.97. The topological polar surface area (TPSA) is 86.2 Å². The van der Waals surface area contributed by atoms with Crippen LogP contribution in [0.15, 0.2) is 18.2 Å². The van der Waals surface area contributed by atoms with Gasteiger partial charge in [-0.15, -0.1) is 0 Å². The van der Waals surface area contributed by atoms with Crippen molar-refractivity contribution < 1.29 is 15.0 Å². The van der Waals surface area contributed by atoms with Gasteiger partial charge in [-0.2, -0.15) is 5.10 Å². The van der Waals surface area contributed by atoms with Crippen LogP contribution in [0.4, 0.5) is 0 Å². The number of hydrogen-bond acceptors (Lipinski definition) is 3. The average Bonchev–Trinajstić information content (AvgIpc) is 2.86. The summed E-state index contributed by atoms with van der Waals surface area (Å²) < 4.78 is 0. The van der Waals surface area contributed by atoms with Gasteiger partial charge in [0, 0.05) is 5.56 Å². The minimum Gasteiger partial charge on any atom is -0.507 e. The maximum Gasteiger partial charge on any atom is 0.353 e. The molecule has 112 valence electrons. The molecule has 0 saturated carbocycles. The first-order chi connectivity index (χ1) is 9.82. The molecule has 2 rings (SSSR count). The van der Waals surface area contributed by atoms with Gasteiger partial charge in [-0.3, -0.25) is 5.10 Å². The number of H-pyrrole nitrogens is 1. The van der Waals surface area contributed by atoms with Crippen LogP contribution in [0.2, 0.25) is 0 Å². The number of phenolic OH excluding ortho intramolecular Hbond substituents is 1. The minimum atomic E-state index is -1.07. The fraction of sp³-hybridized carbons (Fsp3) is 0.375. The molecule has 21 heavy (non-hydrogen) atoms. The second-order valence-electron chi connectivity index (χ2n) is 5.75. The van der Waals surface area contributed by atoms with E-state index in [4.69, 9.17) is 5.11 Å². The maximum atomic E-state index is 11.0. The van der Waals surface area contributed by atoms with Gasteiger partial charge in [0.05, 0.1) is 5.69 Å². The number of rotatable bonds is 4. The van der Waals surface area contributed by atoms with Crippen LogP contribution in [0, 0.1) is 0 Å². The highest BCUT2D eigenvalue weighted by molar-refractivity contribution is 5.87. The smallest absolute Gasteiger partial charge is 0.353 e. The Morgan fingerprint density at radius 1 is 1.14 bits per heavy atom. The standard InChI is InChI=1S/C16H20N2O3/c1-8(2)10-5-6-11(9(3)4)15(19)14(10)12-7-13(16(20)21)18-17-12/h5-9,19H,1-4H3,(H,17,18)(H,20,21). The predicted octanol–water partition coefficient (Wildman–Crippen LogP) is 3.73. The Bertz CT molecular complexity index is 672. The molecule has 0 radical (unpaired) electrons. The molecule has 0 unspecified atom stereocenters. The lowest BCUT2D eigenvalue weighted by Gasteiger charge is -2.17. The van der Waals surface area contributed by atoms with E-state index < -0.39 is 5.97 Å². The monoisotopic (exact) mass is 288 g/mol. The molecule has 0 bridgehead atoms. The van der Waals surface area contributed by atoms with Gasteiger partial charge in [0.1, 0.15) is 11.4 Å². The van der Waals surface area contributed by atoms with E-state index in [1.54, 1.807) is 0 Å². The van der Waals surface area contributed by atoms with E-state index in [0.29, 0.717) is 11.3 Å². The molecule has 0 spiro atoms. The van der Waals surface area contributed by atoms with Gasteiger partial charge in [0.15, 0.2) is 0 Å². The summed E-state index contributed by atoms with van der Waals surface area (Å²) in [6, 6.07) is 5.35. The van der Waals surface area contributed by atoms with Crippen molar-refractivity contribution in [3.8, 4) is 17.0 Å². The molecular weight excluding hydrogens is 268 g/mol. The van der Waals surface area contributed by atoms with E-state index in [0.717, 1.165) is 11.1 Å². The van der Waals surface area contributed by atoms with Crippen LogP contribution in [0.1, 0.15) is 61.1 Å². The summed E-state index contributed by atoms with van der Waals surface area (Å²) in [6.07, 6.45) is 0. The lowest BCUT2D eigenvalue weighted by atomic mass is 9.89. The summed E-state index contributed by atoms with van der Waals surface area (Å²) in [5.74, 6) is -0.529. The van der Waals surface area contributed by atoms with E-state index in [-0.39, 0.29) is 23.3 Å². The van der Waals surface area contributed by atoms with Crippen LogP contribution in [-0.4, -0.2) is 26.4 Å². The zero-order valence-electron chi connectivity index (χ0n) is 12.6. The number of phenols is 1. The van der Waals surface area contributed by atoms with E-state index in [1.165, 1.54) is 6.07 Å². The van der Waals surface area contributed by atoms with Gasteiger partial charge >= 0.3 is 5.97 Å². The van der Waals surface area contributed by atoms with Crippen molar-refractivity contribution in [2.75, 3.05) is 0 Å². The van der Waals surface area contributed by atoms with Crippen molar-refractivity contribution >= 4 is 5.97 Å². The quantitative estimate of drug-likeness (QED) is 0.800. The number of aromatic amines is 1. The van der Waals surface area contributed by atoms with Gasteiger partial charge in [-0.25, -0.2) is 4.79 Å². The fourth-order valence-corrected chi connectivity index (χ4v) is 2.40.